The third-order valence-electron chi connectivity index (χ3n) is 3.68. The lowest BCUT2D eigenvalue weighted by Gasteiger charge is -2.54. The Labute approximate surface area is 82.3 Å². The average molecular weight is 191 g/mol. The van der Waals surface area contributed by atoms with Gasteiger partial charge in [-0.3, -0.25) is 4.79 Å². The van der Waals surface area contributed by atoms with Gasteiger partial charge in [-0.25, -0.2) is 4.98 Å². The molecular formula is C10H13N3O. The van der Waals surface area contributed by atoms with Crippen LogP contribution in [-0.4, -0.2) is 15.5 Å². The highest BCUT2D eigenvalue weighted by atomic mass is 16.2. The number of imidazole rings is 1. The Morgan fingerprint density at radius 1 is 1.64 bits per heavy atom. The minimum absolute atomic E-state index is 0.0756. The van der Waals surface area contributed by atoms with Crippen LogP contribution in [0.4, 0.5) is 0 Å². The number of β-lactam (4-membered cyclic amide) rings is 1. The van der Waals surface area contributed by atoms with Gasteiger partial charge in [-0.1, -0.05) is 6.42 Å². The Morgan fingerprint density at radius 3 is 2.86 bits per heavy atom. The molecule has 1 unspecified atom stereocenters. The van der Waals surface area contributed by atoms with E-state index in [1.807, 2.05) is 17.8 Å². The maximum Gasteiger partial charge on any atom is 0.229 e. The van der Waals surface area contributed by atoms with Crippen LogP contribution in [0.2, 0.25) is 0 Å². The van der Waals surface area contributed by atoms with Gasteiger partial charge >= 0.3 is 0 Å². The fourth-order valence-electron chi connectivity index (χ4n) is 2.54. The molecule has 1 saturated heterocycles. The van der Waals surface area contributed by atoms with E-state index in [1.165, 1.54) is 6.42 Å². The second-order valence-corrected chi connectivity index (χ2v) is 4.35. The standard InChI is InChI=1S/C10H13N3O/c1-13-6-11-5-7(13)8-10(3-2-4-10)9(14)12-8/h5-6,8H,2-4H2,1H3,(H,12,14). The van der Waals surface area contributed by atoms with Crippen molar-refractivity contribution in [3.8, 4) is 0 Å². The number of nitrogens with one attached hydrogen (secondary N) is 1. The zero-order valence-corrected chi connectivity index (χ0v) is 8.16. The summed E-state index contributed by atoms with van der Waals surface area (Å²) in [6, 6.07) is 0.205. The van der Waals surface area contributed by atoms with Crippen LogP contribution in [0.1, 0.15) is 31.0 Å². The van der Waals surface area contributed by atoms with Gasteiger partial charge in [0.25, 0.3) is 0 Å². The Balaban J connectivity index is 1.95. The molecule has 3 rings (SSSR count). The van der Waals surface area contributed by atoms with Crippen molar-refractivity contribution >= 4 is 5.91 Å². The zero-order valence-electron chi connectivity index (χ0n) is 8.16. The molecule has 74 valence electrons. The first-order valence-electron chi connectivity index (χ1n) is 5.01. The van der Waals surface area contributed by atoms with E-state index in [0.717, 1.165) is 18.5 Å². The number of rotatable bonds is 1. The number of carbonyl (C=O) groups excluding carboxylic acids is 1. The van der Waals surface area contributed by atoms with Crippen LogP contribution in [0.15, 0.2) is 12.5 Å². The van der Waals surface area contributed by atoms with E-state index < -0.39 is 0 Å². The topological polar surface area (TPSA) is 46.9 Å². The highest BCUT2D eigenvalue weighted by molar-refractivity contribution is 5.91. The number of hydrogen-bond acceptors (Lipinski definition) is 2. The third kappa shape index (κ3) is 0.744. The van der Waals surface area contributed by atoms with Crippen molar-refractivity contribution in [1.82, 2.24) is 14.9 Å². The predicted molar refractivity (Wildman–Crippen MR) is 50.4 cm³/mol. The molecule has 2 fully saturated rings. The molecule has 2 heterocycles. The van der Waals surface area contributed by atoms with Crippen molar-refractivity contribution in [3.63, 3.8) is 0 Å². The first kappa shape index (κ1) is 8.03. The van der Waals surface area contributed by atoms with Gasteiger partial charge in [-0.15, -0.1) is 0 Å². The summed E-state index contributed by atoms with van der Waals surface area (Å²) >= 11 is 0. The van der Waals surface area contributed by atoms with Gasteiger partial charge in [0.15, 0.2) is 0 Å². The second-order valence-electron chi connectivity index (χ2n) is 4.35. The van der Waals surface area contributed by atoms with Crippen molar-refractivity contribution in [2.24, 2.45) is 12.5 Å². The second kappa shape index (κ2) is 2.38. The lowest BCUT2D eigenvalue weighted by Crippen LogP contribution is -2.64. The van der Waals surface area contributed by atoms with Crippen LogP contribution in [0.25, 0.3) is 0 Å². The summed E-state index contributed by atoms with van der Waals surface area (Å²) in [4.78, 5) is 15.6. The molecule has 1 spiro atoms. The number of nitrogens with zero attached hydrogens (tertiary/aromatic N) is 2. The van der Waals surface area contributed by atoms with E-state index in [1.54, 1.807) is 6.33 Å². The van der Waals surface area contributed by atoms with Gasteiger partial charge in [0.05, 0.1) is 29.7 Å². The van der Waals surface area contributed by atoms with E-state index in [0.29, 0.717) is 0 Å². The highest BCUT2D eigenvalue weighted by Gasteiger charge is 2.59. The van der Waals surface area contributed by atoms with Crippen molar-refractivity contribution in [3.05, 3.63) is 18.2 Å². The van der Waals surface area contributed by atoms with E-state index in [-0.39, 0.29) is 17.4 Å². The fourth-order valence-corrected chi connectivity index (χ4v) is 2.54. The quantitative estimate of drug-likeness (QED) is 0.666. The van der Waals surface area contributed by atoms with Crippen molar-refractivity contribution in [2.75, 3.05) is 0 Å². The van der Waals surface area contributed by atoms with Crippen molar-refractivity contribution in [2.45, 2.75) is 25.3 Å². The normalized spacial score (nSPS) is 28.1. The molecule has 2 aliphatic rings. The highest BCUT2D eigenvalue weighted by Crippen LogP contribution is 2.55. The fraction of sp³-hybridized carbons (Fsp3) is 0.600. The SMILES string of the molecule is Cn1cncc1C1NC(=O)C12CCC2. The maximum atomic E-state index is 11.5. The average Bonchev–Trinajstić information content (AvgIpc) is 2.44. The zero-order chi connectivity index (χ0) is 9.76. The molecule has 1 saturated carbocycles. The van der Waals surface area contributed by atoms with Crippen LogP contribution in [0, 0.1) is 5.41 Å². The molecule has 4 heteroatoms. The Morgan fingerprint density at radius 2 is 2.43 bits per heavy atom. The van der Waals surface area contributed by atoms with Gasteiger partial charge in [0.1, 0.15) is 0 Å². The summed E-state index contributed by atoms with van der Waals surface area (Å²) in [5.41, 5.74) is 1.05. The van der Waals surface area contributed by atoms with Crippen LogP contribution < -0.4 is 5.32 Å². The number of aryl methyl sites for hydroxylation is 1. The number of hydrogen-bond donors (Lipinski definition) is 1. The molecule has 0 radical (unpaired) electrons. The summed E-state index contributed by atoms with van der Waals surface area (Å²) in [6.07, 6.45) is 6.89. The smallest absolute Gasteiger partial charge is 0.229 e. The van der Waals surface area contributed by atoms with Crippen molar-refractivity contribution < 1.29 is 4.79 Å². The Kier molecular flexibility index (Phi) is 1.36. The lowest BCUT2D eigenvalue weighted by atomic mass is 9.58. The number of carbonyl (C=O) groups is 1. The first-order valence-corrected chi connectivity index (χ1v) is 5.01. The molecule has 1 aliphatic carbocycles. The largest absolute Gasteiger partial charge is 0.346 e. The summed E-state index contributed by atoms with van der Waals surface area (Å²) in [7, 11) is 1.97. The Bertz CT molecular complexity index is 392. The molecule has 1 amide bonds. The summed E-state index contributed by atoms with van der Waals surface area (Å²) in [5, 5.41) is 2.98. The predicted octanol–water partition coefficient (Wildman–Crippen LogP) is 0.761. The molecule has 4 nitrogen and oxygen atoms in total. The summed E-state index contributed by atoms with van der Waals surface area (Å²) in [6.45, 7) is 0. The van der Waals surface area contributed by atoms with Crippen LogP contribution in [0.5, 0.6) is 0 Å². The lowest BCUT2D eigenvalue weighted by molar-refractivity contribution is -0.155. The number of amides is 1. The molecule has 1 aliphatic heterocycles. The molecule has 1 aromatic rings. The summed E-state index contributed by atoms with van der Waals surface area (Å²) in [5.74, 6) is 0.231. The third-order valence-corrected chi connectivity index (χ3v) is 3.68. The molecule has 1 aromatic heterocycles. The van der Waals surface area contributed by atoms with E-state index in [9.17, 15) is 4.79 Å². The van der Waals surface area contributed by atoms with Crippen LogP contribution in [0.3, 0.4) is 0 Å². The van der Waals surface area contributed by atoms with Gasteiger partial charge in [0, 0.05) is 7.05 Å². The van der Waals surface area contributed by atoms with Crippen LogP contribution in [-0.2, 0) is 11.8 Å². The maximum absolute atomic E-state index is 11.5. The van der Waals surface area contributed by atoms with Gasteiger partial charge < -0.3 is 9.88 Å². The molecule has 14 heavy (non-hydrogen) atoms. The van der Waals surface area contributed by atoms with E-state index in [4.69, 9.17) is 0 Å². The van der Waals surface area contributed by atoms with Gasteiger partial charge in [-0.2, -0.15) is 0 Å². The van der Waals surface area contributed by atoms with Gasteiger partial charge in [-0.05, 0) is 12.8 Å². The minimum atomic E-state index is -0.0756. The molecular weight excluding hydrogens is 178 g/mol. The molecule has 1 N–H and O–H groups in total. The van der Waals surface area contributed by atoms with Crippen LogP contribution >= 0.6 is 0 Å². The monoisotopic (exact) mass is 191 g/mol. The Hall–Kier alpha value is -1.32. The molecule has 1 atom stereocenters. The minimum Gasteiger partial charge on any atom is -0.346 e. The van der Waals surface area contributed by atoms with E-state index in [2.05, 4.69) is 10.3 Å². The first-order chi connectivity index (χ1) is 6.74. The van der Waals surface area contributed by atoms with E-state index >= 15 is 0 Å². The summed E-state index contributed by atoms with van der Waals surface area (Å²) < 4.78 is 1.99. The van der Waals surface area contributed by atoms with Gasteiger partial charge in [0.2, 0.25) is 5.91 Å². The van der Waals surface area contributed by atoms with Crippen molar-refractivity contribution in [1.29, 1.82) is 0 Å². The molecule has 0 bridgehead atoms. The molecule has 0 aromatic carbocycles. The number of aromatic nitrogens is 2.